The van der Waals surface area contributed by atoms with Gasteiger partial charge >= 0.3 is 0 Å². The number of pyridine rings is 1. The normalized spacial score (nSPS) is 10.5. The third kappa shape index (κ3) is 6.26. The number of likely N-dealkylation sites (N-methyl/N-ethyl adjacent to an activating group) is 2. The van der Waals surface area contributed by atoms with Gasteiger partial charge < -0.3 is 10.6 Å². The highest BCUT2D eigenvalue weighted by molar-refractivity contribution is 7.80. The van der Waals surface area contributed by atoms with Crippen LogP contribution in [-0.4, -0.2) is 52.9 Å². The van der Waals surface area contributed by atoms with Gasteiger partial charge in [-0.2, -0.15) is 0 Å². The first kappa shape index (κ1) is 15.5. The molecule has 0 radical (unpaired) electrons. The van der Waals surface area contributed by atoms with Gasteiger partial charge in [0.2, 0.25) is 5.91 Å². The van der Waals surface area contributed by atoms with Crippen molar-refractivity contribution in [2.24, 2.45) is 5.73 Å². The van der Waals surface area contributed by atoms with Crippen molar-refractivity contribution >= 4 is 23.1 Å². The Morgan fingerprint density at radius 2 is 2.16 bits per heavy atom. The van der Waals surface area contributed by atoms with Gasteiger partial charge in [-0.05, 0) is 19.2 Å². The third-order valence-electron chi connectivity index (χ3n) is 2.68. The van der Waals surface area contributed by atoms with Crippen LogP contribution in [0.1, 0.15) is 12.1 Å². The Morgan fingerprint density at radius 3 is 2.74 bits per heavy atom. The van der Waals surface area contributed by atoms with E-state index >= 15 is 0 Å². The summed E-state index contributed by atoms with van der Waals surface area (Å²) in [6.45, 7) is 1.56. The molecule has 1 amide bonds. The summed E-state index contributed by atoms with van der Waals surface area (Å²) in [7, 11) is 3.66. The van der Waals surface area contributed by atoms with E-state index in [0.717, 1.165) is 5.69 Å². The highest BCUT2D eigenvalue weighted by Gasteiger charge is 2.12. The summed E-state index contributed by atoms with van der Waals surface area (Å²) < 4.78 is 0. The lowest BCUT2D eigenvalue weighted by atomic mass is 10.3. The minimum Gasteiger partial charge on any atom is -0.393 e. The number of hydrogen-bond acceptors (Lipinski definition) is 4. The molecule has 0 spiro atoms. The van der Waals surface area contributed by atoms with E-state index in [9.17, 15) is 4.79 Å². The van der Waals surface area contributed by atoms with E-state index in [-0.39, 0.29) is 5.91 Å². The fourth-order valence-corrected chi connectivity index (χ4v) is 1.67. The van der Waals surface area contributed by atoms with Gasteiger partial charge in [0.05, 0.1) is 17.2 Å². The van der Waals surface area contributed by atoms with E-state index < -0.39 is 0 Å². The molecule has 5 nitrogen and oxygen atoms in total. The number of rotatable bonds is 7. The number of nitrogens with two attached hydrogens (primary N) is 1. The second kappa shape index (κ2) is 7.81. The van der Waals surface area contributed by atoms with Crippen molar-refractivity contribution in [1.29, 1.82) is 0 Å². The lowest BCUT2D eigenvalue weighted by Gasteiger charge is -2.21. The summed E-state index contributed by atoms with van der Waals surface area (Å²) >= 11 is 4.80. The maximum Gasteiger partial charge on any atom is 0.236 e. The van der Waals surface area contributed by atoms with E-state index in [1.165, 1.54) is 0 Å². The molecule has 0 bridgehead atoms. The summed E-state index contributed by atoms with van der Waals surface area (Å²) in [4.78, 5) is 20.2. The standard InChI is InChI=1S/C13H20N4OS/c1-16(9-11-5-3-4-7-15-11)10-13(18)17(2)8-6-12(14)19/h3-5,7H,6,8-10H2,1-2H3,(H2,14,19). The number of aromatic nitrogens is 1. The molecule has 0 saturated carbocycles. The smallest absolute Gasteiger partial charge is 0.236 e. The molecule has 0 aromatic carbocycles. The van der Waals surface area contributed by atoms with Crippen LogP contribution in [0.25, 0.3) is 0 Å². The fourth-order valence-electron chi connectivity index (χ4n) is 1.58. The van der Waals surface area contributed by atoms with Gasteiger partial charge in [0, 0.05) is 32.8 Å². The number of amides is 1. The van der Waals surface area contributed by atoms with Crippen molar-refractivity contribution in [3.63, 3.8) is 0 Å². The van der Waals surface area contributed by atoms with Gasteiger partial charge in [0.1, 0.15) is 0 Å². The second-order valence-corrected chi connectivity index (χ2v) is 5.05. The van der Waals surface area contributed by atoms with E-state index in [1.807, 2.05) is 30.1 Å². The molecule has 0 aliphatic heterocycles. The summed E-state index contributed by atoms with van der Waals surface area (Å²) in [5, 5.41) is 0. The van der Waals surface area contributed by atoms with Crippen molar-refractivity contribution in [3.8, 4) is 0 Å². The van der Waals surface area contributed by atoms with Gasteiger partial charge in [-0.3, -0.25) is 14.7 Å². The maximum absolute atomic E-state index is 11.9. The maximum atomic E-state index is 11.9. The number of thiocarbonyl (C=S) groups is 1. The second-order valence-electron chi connectivity index (χ2n) is 4.52. The van der Waals surface area contributed by atoms with E-state index in [1.54, 1.807) is 18.1 Å². The van der Waals surface area contributed by atoms with Gasteiger partial charge in [0.25, 0.3) is 0 Å². The summed E-state index contributed by atoms with van der Waals surface area (Å²) in [5.74, 6) is 0.0506. The molecule has 19 heavy (non-hydrogen) atoms. The third-order valence-corrected chi connectivity index (χ3v) is 2.89. The number of carbonyl (C=O) groups excluding carboxylic acids is 1. The first-order valence-corrected chi connectivity index (χ1v) is 6.50. The van der Waals surface area contributed by atoms with E-state index in [0.29, 0.717) is 31.0 Å². The topological polar surface area (TPSA) is 62.5 Å². The number of carbonyl (C=O) groups is 1. The summed E-state index contributed by atoms with van der Waals surface area (Å²) in [6.07, 6.45) is 2.31. The predicted molar refractivity (Wildman–Crippen MR) is 79.6 cm³/mol. The Bertz CT molecular complexity index is 424. The molecular formula is C13H20N4OS. The van der Waals surface area contributed by atoms with Gasteiger partial charge in [-0.25, -0.2) is 0 Å². The van der Waals surface area contributed by atoms with E-state index in [4.69, 9.17) is 18.0 Å². The molecule has 1 aromatic heterocycles. The zero-order valence-corrected chi connectivity index (χ0v) is 12.2. The molecule has 0 unspecified atom stereocenters. The zero-order valence-electron chi connectivity index (χ0n) is 11.4. The monoisotopic (exact) mass is 280 g/mol. The Morgan fingerprint density at radius 1 is 1.42 bits per heavy atom. The Balaban J connectivity index is 2.37. The summed E-state index contributed by atoms with van der Waals surface area (Å²) in [6, 6.07) is 5.75. The molecule has 0 atom stereocenters. The molecule has 1 rings (SSSR count). The van der Waals surface area contributed by atoms with Crippen molar-refractivity contribution in [1.82, 2.24) is 14.8 Å². The minimum atomic E-state index is 0.0506. The van der Waals surface area contributed by atoms with Crippen LogP contribution in [0.2, 0.25) is 0 Å². The lowest BCUT2D eigenvalue weighted by molar-refractivity contribution is -0.130. The largest absolute Gasteiger partial charge is 0.393 e. The molecule has 0 aliphatic rings. The van der Waals surface area contributed by atoms with Crippen LogP contribution >= 0.6 is 12.2 Å². The fraction of sp³-hybridized carbons (Fsp3) is 0.462. The van der Waals surface area contributed by atoms with Crippen molar-refractivity contribution < 1.29 is 4.79 Å². The van der Waals surface area contributed by atoms with E-state index in [2.05, 4.69) is 4.98 Å². The van der Waals surface area contributed by atoms with Crippen molar-refractivity contribution in [2.75, 3.05) is 27.2 Å². The van der Waals surface area contributed by atoms with Crippen molar-refractivity contribution in [2.45, 2.75) is 13.0 Å². The lowest BCUT2D eigenvalue weighted by Crippen LogP contribution is -2.37. The molecule has 2 N–H and O–H groups in total. The highest BCUT2D eigenvalue weighted by Crippen LogP contribution is 1.99. The van der Waals surface area contributed by atoms with Crippen LogP contribution in [0.3, 0.4) is 0 Å². The van der Waals surface area contributed by atoms with Crippen LogP contribution in [-0.2, 0) is 11.3 Å². The van der Waals surface area contributed by atoms with Crippen molar-refractivity contribution in [3.05, 3.63) is 30.1 Å². The molecule has 104 valence electrons. The average Bonchev–Trinajstić information content (AvgIpc) is 2.36. The average molecular weight is 280 g/mol. The molecule has 6 heteroatoms. The molecule has 0 fully saturated rings. The molecule has 1 heterocycles. The number of hydrogen-bond donors (Lipinski definition) is 1. The predicted octanol–water partition coefficient (Wildman–Crippen LogP) is 0.648. The molecular weight excluding hydrogens is 260 g/mol. The van der Waals surface area contributed by atoms with Crippen LogP contribution in [0.4, 0.5) is 0 Å². The summed E-state index contributed by atoms with van der Waals surface area (Å²) in [5.41, 5.74) is 6.37. The molecule has 0 aliphatic carbocycles. The zero-order chi connectivity index (χ0) is 14.3. The highest BCUT2D eigenvalue weighted by atomic mass is 32.1. The van der Waals surface area contributed by atoms with Gasteiger partial charge in [-0.1, -0.05) is 18.3 Å². The van der Waals surface area contributed by atoms with Crippen LogP contribution in [0.15, 0.2) is 24.4 Å². The first-order chi connectivity index (χ1) is 8.99. The number of nitrogens with zero attached hydrogens (tertiary/aromatic N) is 3. The minimum absolute atomic E-state index is 0.0506. The quantitative estimate of drug-likeness (QED) is 0.743. The molecule has 1 aromatic rings. The Labute approximate surface area is 119 Å². The van der Waals surface area contributed by atoms with Gasteiger partial charge in [-0.15, -0.1) is 0 Å². The van der Waals surface area contributed by atoms with Gasteiger partial charge in [0.15, 0.2) is 0 Å². The molecule has 0 saturated heterocycles. The van der Waals surface area contributed by atoms with Crippen LogP contribution in [0.5, 0.6) is 0 Å². The SMILES string of the molecule is CN(CC(=O)N(C)CCC(N)=S)Cc1ccccn1. The Hall–Kier alpha value is -1.53. The van der Waals surface area contributed by atoms with Crippen LogP contribution < -0.4 is 5.73 Å². The first-order valence-electron chi connectivity index (χ1n) is 6.09. The Kier molecular flexibility index (Phi) is 6.38. The van der Waals surface area contributed by atoms with Crippen LogP contribution in [0, 0.1) is 0 Å².